The molecule has 1 aromatic rings. The van der Waals surface area contributed by atoms with E-state index < -0.39 is 0 Å². The van der Waals surface area contributed by atoms with Crippen LogP contribution in [0.5, 0.6) is 0 Å². The van der Waals surface area contributed by atoms with Crippen LogP contribution in [0, 0.1) is 0 Å². The van der Waals surface area contributed by atoms with Crippen LogP contribution in [0.4, 0.5) is 5.95 Å². The van der Waals surface area contributed by atoms with Crippen molar-refractivity contribution in [2.45, 2.75) is 45.2 Å². The van der Waals surface area contributed by atoms with Crippen molar-refractivity contribution in [3.05, 3.63) is 18.0 Å². The summed E-state index contributed by atoms with van der Waals surface area (Å²) in [5.74, 6) is 0.454. The molecule has 2 rings (SSSR count). The monoisotopic (exact) mass is 234 g/mol. The minimum atomic E-state index is -0.248. The van der Waals surface area contributed by atoms with Gasteiger partial charge < -0.3 is 10.6 Å². The molecule has 1 fully saturated rings. The average molecular weight is 234 g/mol. The standard InChI is InChI=1S/C12H18N4O/c1-12(2,3)16-10(17)8-6-13-11(14-7-8)15-9-4-5-9/h6-7,9H,4-5H2,1-3H3,(H,16,17)(H,13,14,15). The molecule has 0 radical (unpaired) electrons. The Morgan fingerprint density at radius 2 is 1.88 bits per heavy atom. The normalized spacial score (nSPS) is 15.5. The van der Waals surface area contributed by atoms with Crippen LogP contribution in [-0.2, 0) is 0 Å². The summed E-state index contributed by atoms with van der Waals surface area (Å²) in [5.41, 5.74) is 0.239. The number of rotatable bonds is 3. The maximum Gasteiger partial charge on any atom is 0.254 e. The van der Waals surface area contributed by atoms with E-state index >= 15 is 0 Å². The summed E-state index contributed by atoms with van der Waals surface area (Å²) in [7, 11) is 0. The Hall–Kier alpha value is -1.65. The molecular formula is C12H18N4O. The number of carbonyl (C=O) groups excluding carboxylic acids is 1. The van der Waals surface area contributed by atoms with Gasteiger partial charge >= 0.3 is 0 Å². The molecule has 1 heterocycles. The van der Waals surface area contributed by atoms with Gasteiger partial charge in [-0.3, -0.25) is 4.79 Å². The van der Waals surface area contributed by atoms with E-state index in [2.05, 4.69) is 20.6 Å². The van der Waals surface area contributed by atoms with Gasteiger partial charge in [0.1, 0.15) is 0 Å². The number of hydrogen-bond donors (Lipinski definition) is 2. The van der Waals surface area contributed by atoms with Crippen molar-refractivity contribution in [3.63, 3.8) is 0 Å². The van der Waals surface area contributed by atoms with Gasteiger partial charge in [-0.2, -0.15) is 0 Å². The molecule has 17 heavy (non-hydrogen) atoms. The average Bonchev–Trinajstić information content (AvgIpc) is 3.00. The molecule has 0 aromatic carbocycles. The molecule has 0 unspecified atom stereocenters. The SMILES string of the molecule is CC(C)(C)NC(=O)c1cnc(NC2CC2)nc1. The number of hydrogen-bond acceptors (Lipinski definition) is 4. The molecule has 1 aromatic heterocycles. The largest absolute Gasteiger partial charge is 0.351 e. The van der Waals surface area contributed by atoms with Gasteiger partial charge in [-0.05, 0) is 33.6 Å². The molecular weight excluding hydrogens is 216 g/mol. The summed E-state index contributed by atoms with van der Waals surface area (Å²) < 4.78 is 0. The fourth-order valence-corrected chi connectivity index (χ4v) is 1.34. The maximum atomic E-state index is 11.8. The zero-order chi connectivity index (χ0) is 12.5. The molecule has 1 aliphatic rings. The van der Waals surface area contributed by atoms with Crippen LogP contribution in [0.3, 0.4) is 0 Å². The quantitative estimate of drug-likeness (QED) is 0.833. The molecule has 5 nitrogen and oxygen atoms in total. The Labute approximate surface area is 101 Å². The van der Waals surface area contributed by atoms with E-state index in [4.69, 9.17) is 0 Å². The Balaban J connectivity index is 1.98. The number of anilines is 1. The second-order valence-corrected chi connectivity index (χ2v) is 5.42. The van der Waals surface area contributed by atoms with Gasteiger partial charge in [0.15, 0.2) is 0 Å². The van der Waals surface area contributed by atoms with E-state index in [-0.39, 0.29) is 11.4 Å². The highest BCUT2D eigenvalue weighted by Crippen LogP contribution is 2.22. The first-order chi connectivity index (χ1) is 7.94. The Morgan fingerprint density at radius 3 is 2.35 bits per heavy atom. The highest BCUT2D eigenvalue weighted by Gasteiger charge is 2.22. The molecule has 2 N–H and O–H groups in total. The van der Waals surface area contributed by atoms with Crippen molar-refractivity contribution >= 4 is 11.9 Å². The van der Waals surface area contributed by atoms with Crippen LogP contribution >= 0.6 is 0 Å². The van der Waals surface area contributed by atoms with E-state index in [0.29, 0.717) is 17.6 Å². The third-order valence-electron chi connectivity index (χ3n) is 2.31. The number of nitrogens with one attached hydrogen (secondary N) is 2. The van der Waals surface area contributed by atoms with Crippen LogP contribution in [0.25, 0.3) is 0 Å². The molecule has 0 saturated heterocycles. The Morgan fingerprint density at radius 1 is 1.29 bits per heavy atom. The van der Waals surface area contributed by atoms with Crippen LogP contribution in [0.2, 0.25) is 0 Å². The van der Waals surface area contributed by atoms with Crippen molar-refractivity contribution in [2.24, 2.45) is 0 Å². The zero-order valence-corrected chi connectivity index (χ0v) is 10.4. The third-order valence-corrected chi connectivity index (χ3v) is 2.31. The molecule has 1 aliphatic carbocycles. The van der Waals surface area contributed by atoms with E-state index in [1.807, 2.05) is 20.8 Å². The van der Waals surface area contributed by atoms with Gasteiger partial charge in [0.05, 0.1) is 5.56 Å². The smallest absolute Gasteiger partial charge is 0.254 e. The zero-order valence-electron chi connectivity index (χ0n) is 10.4. The van der Waals surface area contributed by atoms with Gasteiger partial charge in [-0.15, -0.1) is 0 Å². The number of nitrogens with zero attached hydrogens (tertiary/aromatic N) is 2. The lowest BCUT2D eigenvalue weighted by molar-refractivity contribution is 0.0919. The van der Waals surface area contributed by atoms with Crippen LogP contribution in [0.15, 0.2) is 12.4 Å². The third kappa shape index (κ3) is 3.69. The van der Waals surface area contributed by atoms with Crippen LogP contribution in [-0.4, -0.2) is 27.5 Å². The van der Waals surface area contributed by atoms with E-state index in [1.54, 1.807) is 12.4 Å². The van der Waals surface area contributed by atoms with Gasteiger partial charge in [0.2, 0.25) is 5.95 Å². The van der Waals surface area contributed by atoms with Gasteiger partial charge in [-0.25, -0.2) is 9.97 Å². The van der Waals surface area contributed by atoms with Crippen molar-refractivity contribution < 1.29 is 4.79 Å². The summed E-state index contributed by atoms with van der Waals surface area (Å²) >= 11 is 0. The van der Waals surface area contributed by atoms with E-state index in [9.17, 15) is 4.79 Å². The molecule has 0 spiro atoms. The second-order valence-electron chi connectivity index (χ2n) is 5.42. The van der Waals surface area contributed by atoms with Crippen LogP contribution < -0.4 is 10.6 Å². The second kappa shape index (κ2) is 4.31. The summed E-state index contributed by atoms with van der Waals surface area (Å²) in [6.07, 6.45) is 5.46. The predicted molar refractivity (Wildman–Crippen MR) is 65.9 cm³/mol. The molecule has 92 valence electrons. The molecule has 1 saturated carbocycles. The highest BCUT2D eigenvalue weighted by molar-refractivity contribution is 5.94. The number of aromatic nitrogens is 2. The minimum absolute atomic E-state index is 0.143. The lowest BCUT2D eigenvalue weighted by atomic mass is 10.1. The van der Waals surface area contributed by atoms with Gasteiger partial charge in [0, 0.05) is 24.0 Å². The first kappa shape index (κ1) is 11.8. The summed E-state index contributed by atoms with van der Waals surface area (Å²) in [5, 5.41) is 6.04. The van der Waals surface area contributed by atoms with Crippen LogP contribution in [0.1, 0.15) is 44.0 Å². The lowest BCUT2D eigenvalue weighted by Crippen LogP contribution is -2.40. The van der Waals surface area contributed by atoms with Gasteiger partial charge in [0.25, 0.3) is 5.91 Å². The van der Waals surface area contributed by atoms with E-state index in [0.717, 1.165) is 0 Å². The predicted octanol–water partition coefficient (Wildman–Crippen LogP) is 1.58. The topological polar surface area (TPSA) is 66.9 Å². The molecule has 0 bridgehead atoms. The lowest BCUT2D eigenvalue weighted by Gasteiger charge is -2.20. The summed E-state index contributed by atoms with van der Waals surface area (Å²) in [6.45, 7) is 5.82. The van der Waals surface area contributed by atoms with Gasteiger partial charge in [-0.1, -0.05) is 0 Å². The Bertz CT molecular complexity index is 404. The van der Waals surface area contributed by atoms with E-state index in [1.165, 1.54) is 12.8 Å². The van der Waals surface area contributed by atoms with Crippen molar-refractivity contribution in [2.75, 3.05) is 5.32 Å². The van der Waals surface area contributed by atoms with Crippen molar-refractivity contribution in [3.8, 4) is 0 Å². The minimum Gasteiger partial charge on any atom is -0.351 e. The number of carbonyl (C=O) groups is 1. The molecule has 1 amide bonds. The molecule has 0 atom stereocenters. The fourth-order valence-electron chi connectivity index (χ4n) is 1.34. The maximum absolute atomic E-state index is 11.8. The number of amides is 1. The summed E-state index contributed by atoms with van der Waals surface area (Å²) in [6, 6.07) is 0.518. The molecule has 5 heteroatoms. The first-order valence-corrected chi connectivity index (χ1v) is 5.85. The fraction of sp³-hybridized carbons (Fsp3) is 0.583. The highest BCUT2D eigenvalue weighted by atomic mass is 16.1. The van der Waals surface area contributed by atoms with Crippen molar-refractivity contribution in [1.29, 1.82) is 0 Å². The first-order valence-electron chi connectivity index (χ1n) is 5.85. The summed E-state index contributed by atoms with van der Waals surface area (Å²) in [4.78, 5) is 20.0. The van der Waals surface area contributed by atoms with Crippen molar-refractivity contribution in [1.82, 2.24) is 15.3 Å². The Kier molecular flexibility index (Phi) is 3.00. The molecule has 0 aliphatic heterocycles.